The summed E-state index contributed by atoms with van der Waals surface area (Å²) in [6, 6.07) is 11.6. The maximum atomic E-state index is 14.2. The molecule has 1 amide bonds. The molecular formula is C31H35F2N5O3S. The van der Waals surface area contributed by atoms with Crippen LogP contribution in [0.2, 0.25) is 0 Å². The molecule has 3 unspecified atom stereocenters. The van der Waals surface area contributed by atoms with E-state index in [1.54, 1.807) is 12.1 Å². The van der Waals surface area contributed by atoms with Gasteiger partial charge in [-0.3, -0.25) is 4.79 Å². The molecule has 0 aliphatic carbocycles. The van der Waals surface area contributed by atoms with E-state index in [2.05, 4.69) is 14.9 Å². The molecule has 222 valence electrons. The van der Waals surface area contributed by atoms with E-state index in [1.807, 2.05) is 24.8 Å². The predicted octanol–water partition coefficient (Wildman–Crippen LogP) is 3.87. The number of hydrogen-bond donors (Lipinski definition) is 0. The monoisotopic (exact) mass is 595 g/mol. The average molecular weight is 596 g/mol. The van der Waals surface area contributed by atoms with Gasteiger partial charge in [0.1, 0.15) is 18.0 Å². The van der Waals surface area contributed by atoms with E-state index < -0.39 is 15.8 Å². The van der Waals surface area contributed by atoms with E-state index in [4.69, 9.17) is 0 Å². The third-order valence-corrected chi connectivity index (χ3v) is 11.0. The number of hydrogen-bond acceptors (Lipinski definition) is 6. The van der Waals surface area contributed by atoms with Gasteiger partial charge in [0.05, 0.1) is 21.8 Å². The maximum Gasteiger partial charge on any atom is 0.257 e. The van der Waals surface area contributed by atoms with Crippen LogP contribution in [-0.4, -0.2) is 84.2 Å². The molecule has 0 bridgehead atoms. The number of benzene rings is 2. The fourth-order valence-corrected chi connectivity index (χ4v) is 8.52. The number of sulfonamides is 1. The lowest BCUT2D eigenvalue weighted by Gasteiger charge is -2.43. The number of aromatic nitrogens is 2. The molecule has 3 aromatic rings. The van der Waals surface area contributed by atoms with Crippen LogP contribution in [-0.2, 0) is 10.0 Å². The Kier molecular flexibility index (Phi) is 7.84. The first-order valence-corrected chi connectivity index (χ1v) is 15.8. The third kappa shape index (κ3) is 5.57. The van der Waals surface area contributed by atoms with E-state index in [0.29, 0.717) is 55.0 Å². The molecule has 3 saturated heterocycles. The fraction of sp³-hybridized carbons (Fsp3) is 0.452. The van der Waals surface area contributed by atoms with Gasteiger partial charge in [-0.05, 0) is 86.4 Å². The Morgan fingerprint density at radius 3 is 2.14 bits per heavy atom. The number of carbonyl (C=O) groups excluding carboxylic acids is 1. The highest BCUT2D eigenvalue weighted by molar-refractivity contribution is 7.89. The smallest absolute Gasteiger partial charge is 0.257 e. The summed E-state index contributed by atoms with van der Waals surface area (Å²) in [5, 5.41) is 0. The van der Waals surface area contributed by atoms with E-state index in [-0.39, 0.29) is 28.5 Å². The summed E-state index contributed by atoms with van der Waals surface area (Å²) < 4.78 is 55.4. The second-order valence-corrected chi connectivity index (χ2v) is 13.8. The van der Waals surface area contributed by atoms with Crippen LogP contribution in [0.1, 0.15) is 39.6 Å². The number of aryl methyl sites for hydroxylation is 2. The second kappa shape index (κ2) is 11.4. The first-order chi connectivity index (χ1) is 20.1. The van der Waals surface area contributed by atoms with Crippen molar-refractivity contribution in [2.45, 2.75) is 31.1 Å². The SMILES string of the molecule is Cc1ncnc(C)c1C(=O)N1CC2CN(CCC(c3cccc(F)c3)C3CN(S(=O)(=O)c4cccc(F)c4)C3)CC2C1. The van der Waals surface area contributed by atoms with Crippen LogP contribution in [0.15, 0.2) is 59.8 Å². The van der Waals surface area contributed by atoms with Crippen LogP contribution in [0.25, 0.3) is 0 Å². The molecule has 2 aromatic carbocycles. The number of halogens is 2. The molecule has 3 atom stereocenters. The second-order valence-electron chi connectivity index (χ2n) is 11.9. The fourth-order valence-electron chi connectivity index (χ4n) is 6.93. The highest BCUT2D eigenvalue weighted by atomic mass is 32.2. The zero-order valence-corrected chi connectivity index (χ0v) is 24.6. The average Bonchev–Trinajstić information content (AvgIpc) is 3.49. The molecule has 1 aromatic heterocycles. The Hall–Kier alpha value is -3.28. The number of fused-ring (bicyclic) bond motifs is 1. The maximum absolute atomic E-state index is 14.2. The minimum Gasteiger partial charge on any atom is -0.338 e. The molecular weight excluding hydrogens is 560 g/mol. The topological polar surface area (TPSA) is 86.7 Å². The predicted molar refractivity (Wildman–Crippen MR) is 153 cm³/mol. The summed E-state index contributed by atoms with van der Waals surface area (Å²) >= 11 is 0. The Labute approximate surface area is 245 Å². The standard InChI is InChI=1S/C31H35F2N5O3S/c1-20-30(21(2)35-19-34-20)31(39)37-15-23-13-36(14-24(23)16-37)10-9-29(22-5-3-6-26(32)11-22)25-17-38(18-25)42(40,41)28-8-4-7-27(33)12-28/h3-8,11-12,19,23-25,29H,9-10,13-18H2,1-2H3. The van der Waals surface area contributed by atoms with Gasteiger partial charge in [0, 0.05) is 39.3 Å². The van der Waals surface area contributed by atoms with Crippen molar-refractivity contribution in [3.05, 3.63) is 89.0 Å². The van der Waals surface area contributed by atoms with Gasteiger partial charge >= 0.3 is 0 Å². The zero-order chi connectivity index (χ0) is 29.6. The molecule has 0 N–H and O–H groups in total. The van der Waals surface area contributed by atoms with Crippen molar-refractivity contribution in [1.29, 1.82) is 0 Å². The summed E-state index contributed by atoms with van der Waals surface area (Å²) in [6.07, 6.45) is 2.25. The van der Waals surface area contributed by atoms with Gasteiger partial charge in [-0.2, -0.15) is 4.31 Å². The Balaban J connectivity index is 1.08. The first-order valence-electron chi connectivity index (χ1n) is 14.4. The van der Waals surface area contributed by atoms with Crippen molar-refractivity contribution in [2.24, 2.45) is 17.8 Å². The van der Waals surface area contributed by atoms with Crippen LogP contribution in [0.3, 0.4) is 0 Å². The van der Waals surface area contributed by atoms with Crippen molar-refractivity contribution in [1.82, 2.24) is 24.1 Å². The lowest BCUT2D eigenvalue weighted by molar-refractivity contribution is 0.0770. The first kappa shape index (κ1) is 28.8. The lowest BCUT2D eigenvalue weighted by atomic mass is 9.80. The largest absolute Gasteiger partial charge is 0.338 e. The van der Waals surface area contributed by atoms with Crippen LogP contribution >= 0.6 is 0 Å². The molecule has 8 nitrogen and oxygen atoms in total. The molecule has 3 fully saturated rings. The van der Waals surface area contributed by atoms with Crippen LogP contribution in [0.4, 0.5) is 8.78 Å². The molecule has 0 radical (unpaired) electrons. The van der Waals surface area contributed by atoms with Gasteiger partial charge < -0.3 is 9.80 Å². The molecule has 0 saturated carbocycles. The third-order valence-electron chi connectivity index (χ3n) is 9.20. The molecule has 6 rings (SSSR count). The number of rotatable bonds is 8. The summed E-state index contributed by atoms with van der Waals surface area (Å²) in [6.45, 7) is 8.29. The van der Waals surface area contributed by atoms with E-state index in [1.165, 1.54) is 34.9 Å². The normalized spacial score (nSPS) is 22.2. The summed E-state index contributed by atoms with van der Waals surface area (Å²) in [7, 11) is -3.79. The Morgan fingerprint density at radius 2 is 1.52 bits per heavy atom. The summed E-state index contributed by atoms with van der Waals surface area (Å²) in [4.78, 5) is 26.0. The lowest BCUT2D eigenvalue weighted by Crippen LogP contribution is -2.52. The molecule has 4 heterocycles. The van der Waals surface area contributed by atoms with E-state index in [9.17, 15) is 22.0 Å². The van der Waals surface area contributed by atoms with Gasteiger partial charge in [0.25, 0.3) is 5.91 Å². The van der Waals surface area contributed by atoms with E-state index >= 15 is 0 Å². The number of amides is 1. The minimum absolute atomic E-state index is 0.000416. The molecule has 11 heteroatoms. The van der Waals surface area contributed by atoms with Crippen molar-refractivity contribution in [3.63, 3.8) is 0 Å². The highest BCUT2D eigenvalue weighted by Gasteiger charge is 2.44. The Bertz CT molecular complexity index is 1560. The zero-order valence-electron chi connectivity index (χ0n) is 23.8. The van der Waals surface area contributed by atoms with Gasteiger partial charge in [-0.25, -0.2) is 27.2 Å². The van der Waals surface area contributed by atoms with E-state index in [0.717, 1.165) is 37.7 Å². The highest BCUT2D eigenvalue weighted by Crippen LogP contribution is 2.39. The Morgan fingerprint density at radius 1 is 0.905 bits per heavy atom. The van der Waals surface area contributed by atoms with Gasteiger partial charge in [0.2, 0.25) is 10.0 Å². The van der Waals surface area contributed by atoms with Crippen molar-refractivity contribution in [2.75, 3.05) is 45.8 Å². The molecule has 3 aliphatic rings. The van der Waals surface area contributed by atoms with Crippen LogP contribution < -0.4 is 0 Å². The number of likely N-dealkylation sites (tertiary alicyclic amines) is 2. The van der Waals surface area contributed by atoms with Crippen LogP contribution in [0, 0.1) is 43.2 Å². The molecule has 42 heavy (non-hydrogen) atoms. The van der Waals surface area contributed by atoms with Gasteiger partial charge in [-0.1, -0.05) is 18.2 Å². The minimum atomic E-state index is -3.79. The van der Waals surface area contributed by atoms with Crippen molar-refractivity contribution < 1.29 is 22.0 Å². The van der Waals surface area contributed by atoms with Crippen molar-refractivity contribution in [3.8, 4) is 0 Å². The number of carbonyl (C=O) groups is 1. The molecule has 0 spiro atoms. The summed E-state index contributed by atoms with van der Waals surface area (Å²) in [5.41, 5.74) is 2.87. The van der Waals surface area contributed by atoms with Gasteiger partial charge in [-0.15, -0.1) is 0 Å². The molecule has 3 aliphatic heterocycles. The summed E-state index contributed by atoms with van der Waals surface area (Å²) in [5.74, 6) is -0.0961. The van der Waals surface area contributed by atoms with Crippen molar-refractivity contribution >= 4 is 15.9 Å². The number of nitrogens with zero attached hydrogens (tertiary/aromatic N) is 5. The van der Waals surface area contributed by atoms with Gasteiger partial charge in [0.15, 0.2) is 0 Å². The quantitative estimate of drug-likeness (QED) is 0.393. The van der Waals surface area contributed by atoms with Crippen LogP contribution in [0.5, 0.6) is 0 Å².